The summed E-state index contributed by atoms with van der Waals surface area (Å²) in [4.78, 5) is 11.4. The van der Waals surface area contributed by atoms with Crippen LogP contribution in [0, 0.1) is 12.8 Å². The van der Waals surface area contributed by atoms with Crippen molar-refractivity contribution in [2.45, 2.75) is 33.1 Å². The van der Waals surface area contributed by atoms with Crippen LogP contribution in [0.5, 0.6) is 5.75 Å². The van der Waals surface area contributed by atoms with Crippen molar-refractivity contribution in [2.75, 3.05) is 26.3 Å². The minimum atomic E-state index is -0.135. The molecule has 1 aromatic rings. The molecule has 2 rings (SSSR count). The van der Waals surface area contributed by atoms with Crippen LogP contribution < -0.4 is 10.1 Å². The molecule has 0 aliphatic carbocycles. The third-order valence-corrected chi connectivity index (χ3v) is 3.80. The van der Waals surface area contributed by atoms with Crippen LogP contribution in [0.3, 0.4) is 0 Å². The summed E-state index contributed by atoms with van der Waals surface area (Å²) in [7, 11) is 0. The highest BCUT2D eigenvalue weighted by atomic mass is 16.5. The first-order valence-corrected chi connectivity index (χ1v) is 7.77. The molecule has 0 amide bonds. The lowest BCUT2D eigenvalue weighted by atomic mass is 10.1. The number of hydrogen-bond donors (Lipinski definition) is 1. The Hall–Kier alpha value is -1.55. The highest BCUT2D eigenvalue weighted by Crippen LogP contribution is 2.21. The molecule has 1 aliphatic rings. The van der Waals surface area contributed by atoms with Gasteiger partial charge in [0.15, 0.2) is 0 Å². The second kappa shape index (κ2) is 8.03. The van der Waals surface area contributed by atoms with E-state index in [1.165, 1.54) is 6.42 Å². The Kier molecular flexibility index (Phi) is 6.05. The summed E-state index contributed by atoms with van der Waals surface area (Å²) < 4.78 is 10.9. The molecular weight excluding hydrogens is 266 g/mol. The van der Waals surface area contributed by atoms with Crippen LogP contribution in [0.25, 0.3) is 0 Å². The summed E-state index contributed by atoms with van der Waals surface area (Å²) in [5, 5.41) is 3.35. The van der Waals surface area contributed by atoms with Crippen LogP contribution >= 0.6 is 0 Å². The SMILES string of the molecule is CCOC(=O)CCc1ccc(OCC2CCNC2)c(C)c1. The Morgan fingerprint density at radius 1 is 1.43 bits per heavy atom. The fraction of sp³-hybridized carbons (Fsp3) is 0.588. The van der Waals surface area contributed by atoms with Crippen molar-refractivity contribution < 1.29 is 14.3 Å². The maximum atomic E-state index is 11.4. The summed E-state index contributed by atoms with van der Waals surface area (Å²) in [5.41, 5.74) is 2.28. The first-order chi connectivity index (χ1) is 10.2. The number of carbonyl (C=O) groups is 1. The van der Waals surface area contributed by atoms with Gasteiger partial charge in [0, 0.05) is 18.9 Å². The molecule has 21 heavy (non-hydrogen) atoms. The molecule has 1 heterocycles. The Morgan fingerprint density at radius 2 is 2.29 bits per heavy atom. The van der Waals surface area contributed by atoms with Crippen LogP contribution in [0.1, 0.15) is 30.9 Å². The van der Waals surface area contributed by atoms with Crippen molar-refractivity contribution in [3.05, 3.63) is 29.3 Å². The normalized spacial score (nSPS) is 17.7. The van der Waals surface area contributed by atoms with Crippen molar-refractivity contribution in [3.8, 4) is 5.75 Å². The van der Waals surface area contributed by atoms with Gasteiger partial charge in [0.25, 0.3) is 0 Å². The molecule has 1 saturated heterocycles. The fourth-order valence-electron chi connectivity index (χ4n) is 2.57. The molecule has 1 N–H and O–H groups in total. The van der Waals surface area contributed by atoms with Gasteiger partial charge in [-0.25, -0.2) is 0 Å². The van der Waals surface area contributed by atoms with Crippen LogP contribution in [-0.4, -0.2) is 32.3 Å². The number of hydrogen-bond acceptors (Lipinski definition) is 4. The van der Waals surface area contributed by atoms with Crippen LogP contribution in [0.15, 0.2) is 18.2 Å². The number of benzene rings is 1. The average Bonchev–Trinajstić information content (AvgIpc) is 2.98. The standard InChI is InChI=1S/C17H25NO3/c1-3-20-17(19)7-5-14-4-6-16(13(2)10-14)21-12-15-8-9-18-11-15/h4,6,10,15,18H,3,5,7-9,11-12H2,1-2H3. The molecule has 0 spiro atoms. The lowest BCUT2D eigenvalue weighted by Crippen LogP contribution is -2.15. The van der Waals surface area contributed by atoms with Gasteiger partial charge < -0.3 is 14.8 Å². The third kappa shape index (κ3) is 5.05. The van der Waals surface area contributed by atoms with E-state index in [1.807, 2.05) is 19.1 Å². The summed E-state index contributed by atoms with van der Waals surface area (Å²) in [6.45, 7) is 7.25. The molecule has 0 saturated carbocycles. The minimum Gasteiger partial charge on any atom is -0.493 e. The zero-order valence-corrected chi connectivity index (χ0v) is 13.0. The smallest absolute Gasteiger partial charge is 0.306 e. The highest BCUT2D eigenvalue weighted by Gasteiger charge is 2.15. The van der Waals surface area contributed by atoms with Crippen molar-refractivity contribution in [1.82, 2.24) is 5.32 Å². The largest absolute Gasteiger partial charge is 0.493 e. The number of rotatable bonds is 7. The lowest BCUT2D eigenvalue weighted by molar-refractivity contribution is -0.143. The molecular formula is C17H25NO3. The predicted molar refractivity (Wildman–Crippen MR) is 82.6 cm³/mol. The summed E-state index contributed by atoms with van der Waals surface area (Å²) in [6.07, 6.45) is 2.34. The van der Waals surface area contributed by atoms with E-state index in [4.69, 9.17) is 9.47 Å². The van der Waals surface area contributed by atoms with E-state index in [0.717, 1.165) is 36.6 Å². The van der Waals surface area contributed by atoms with Gasteiger partial charge in [-0.05, 0) is 50.4 Å². The van der Waals surface area contributed by atoms with E-state index < -0.39 is 0 Å². The van der Waals surface area contributed by atoms with Crippen molar-refractivity contribution in [1.29, 1.82) is 0 Å². The first kappa shape index (κ1) is 15.8. The maximum absolute atomic E-state index is 11.4. The lowest BCUT2D eigenvalue weighted by Gasteiger charge is -2.13. The topological polar surface area (TPSA) is 47.6 Å². The van der Waals surface area contributed by atoms with Crippen LogP contribution in [0.4, 0.5) is 0 Å². The van der Waals surface area contributed by atoms with E-state index in [1.54, 1.807) is 0 Å². The van der Waals surface area contributed by atoms with Crippen molar-refractivity contribution >= 4 is 5.97 Å². The number of ether oxygens (including phenoxy) is 2. The minimum absolute atomic E-state index is 0.135. The molecule has 1 unspecified atom stereocenters. The Bertz CT molecular complexity index is 467. The highest BCUT2D eigenvalue weighted by molar-refractivity contribution is 5.69. The van der Waals surface area contributed by atoms with Crippen LogP contribution in [0.2, 0.25) is 0 Å². The predicted octanol–water partition coefficient (Wildman–Crippen LogP) is 2.48. The van der Waals surface area contributed by atoms with Crippen LogP contribution in [-0.2, 0) is 16.0 Å². The monoisotopic (exact) mass is 291 g/mol. The van der Waals surface area contributed by atoms with Crippen molar-refractivity contribution in [3.63, 3.8) is 0 Å². The molecule has 1 aliphatic heterocycles. The number of esters is 1. The molecule has 1 aromatic carbocycles. The number of nitrogens with one attached hydrogen (secondary N) is 1. The zero-order valence-electron chi connectivity index (χ0n) is 13.0. The quantitative estimate of drug-likeness (QED) is 0.784. The first-order valence-electron chi connectivity index (χ1n) is 7.77. The van der Waals surface area contributed by atoms with E-state index in [9.17, 15) is 4.79 Å². The summed E-state index contributed by atoms with van der Waals surface area (Å²) in [6, 6.07) is 6.15. The zero-order chi connectivity index (χ0) is 15.1. The number of aryl methyl sites for hydroxylation is 2. The van der Waals surface area contributed by atoms with Gasteiger partial charge >= 0.3 is 5.97 Å². The van der Waals surface area contributed by atoms with Gasteiger partial charge in [-0.1, -0.05) is 12.1 Å². The summed E-state index contributed by atoms with van der Waals surface area (Å²) >= 11 is 0. The molecule has 116 valence electrons. The van der Waals surface area contributed by atoms with Gasteiger partial charge in [0.1, 0.15) is 5.75 Å². The second-order valence-electron chi connectivity index (χ2n) is 5.57. The molecule has 4 nitrogen and oxygen atoms in total. The van der Waals surface area contributed by atoms with Crippen molar-refractivity contribution in [2.24, 2.45) is 5.92 Å². The number of carbonyl (C=O) groups excluding carboxylic acids is 1. The molecule has 1 atom stereocenters. The van der Waals surface area contributed by atoms with Gasteiger partial charge in [-0.2, -0.15) is 0 Å². The Balaban J connectivity index is 1.83. The third-order valence-electron chi connectivity index (χ3n) is 3.80. The second-order valence-corrected chi connectivity index (χ2v) is 5.57. The van der Waals surface area contributed by atoms with E-state index in [2.05, 4.69) is 18.3 Å². The van der Waals surface area contributed by atoms with Gasteiger partial charge in [-0.3, -0.25) is 4.79 Å². The maximum Gasteiger partial charge on any atom is 0.306 e. The van der Waals surface area contributed by atoms with E-state index >= 15 is 0 Å². The van der Waals surface area contributed by atoms with Gasteiger partial charge in [-0.15, -0.1) is 0 Å². The molecule has 0 radical (unpaired) electrons. The van der Waals surface area contributed by atoms with Gasteiger partial charge in [0.05, 0.1) is 13.2 Å². The van der Waals surface area contributed by atoms with E-state index in [0.29, 0.717) is 25.4 Å². The Labute approximate surface area is 126 Å². The molecule has 0 bridgehead atoms. The Morgan fingerprint density at radius 3 is 2.95 bits per heavy atom. The molecule has 4 heteroatoms. The van der Waals surface area contributed by atoms with E-state index in [-0.39, 0.29) is 5.97 Å². The molecule has 1 fully saturated rings. The molecule has 0 aromatic heterocycles. The van der Waals surface area contributed by atoms with Gasteiger partial charge in [0.2, 0.25) is 0 Å². The average molecular weight is 291 g/mol. The summed E-state index contributed by atoms with van der Waals surface area (Å²) in [5.74, 6) is 1.43. The fourth-order valence-corrected chi connectivity index (χ4v) is 2.57.